The molecule has 24 heavy (non-hydrogen) atoms. The van der Waals surface area contributed by atoms with Gasteiger partial charge in [-0.15, -0.1) is 0 Å². The van der Waals surface area contributed by atoms with Crippen LogP contribution in [0.5, 0.6) is 0 Å². The Labute approximate surface area is 144 Å². The first-order chi connectivity index (χ1) is 11.5. The number of carbonyl (C=O) groups excluding carboxylic acids is 1. The molecule has 0 bridgehead atoms. The Hall–Kier alpha value is -2.07. The van der Waals surface area contributed by atoms with E-state index in [9.17, 15) is 4.79 Å². The van der Waals surface area contributed by atoms with E-state index >= 15 is 0 Å². The number of nitrogens with zero attached hydrogens (tertiary/aromatic N) is 1. The standard InChI is InChI=1S/C20H26N2O2/c1-14(22(2)3)16-10-7-11-17(12-16)24-20(23)21-19-13-18(19)15-8-5-4-6-9-15/h4-10,12,14,17-19H,11,13H2,1-3H3,(H,21,23)/t14-,17?,18+,19-/m0/s1. The molecular weight excluding hydrogens is 300 g/mol. The van der Waals surface area contributed by atoms with Gasteiger partial charge in [0.1, 0.15) is 6.10 Å². The van der Waals surface area contributed by atoms with Crippen molar-refractivity contribution in [1.82, 2.24) is 10.2 Å². The van der Waals surface area contributed by atoms with Crippen molar-refractivity contribution >= 4 is 6.09 Å². The van der Waals surface area contributed by atoms with Gasteiger partial charge in [0.2, 0.25) is 0 Å². The zero-order valence-corrected chi connectivity index (χ0v) is 14.6. The van der Waals surface area contributed by atoms with Crippen molar-refractivity contribution in [3.8, 4) is 0 Å². The molecule has 1 fully saturated rings. The Morgan fingerprint density at radius 2 is 2.04 bits per heavy atom. The van der Waals surface area contributed by atoms with E-state index < -0.39 is 0 Å². The fraction of sp³-hybridized carbons (Fsp3) is 0.450. The van der Waals surface area contributed by atoms with E-state index in [0.717, 1.165) is 12.8 Å². The largest absolute Gasteiger partial charge is 0.442 e. The van der Waals surface area contributed by atoms with Crippen LogP contribution < -0.4 is 5.32 Å². The molecule has 1 aromatic carbocycles. The number of amides is 1. The molecule has 2 aliphatic carbocycles. The number of ether oxygens (including phenoxy) is 1. The Kier molecular flexibility index (Phi) is 5.05. The summed E-state index contributed by atoms with van der Waals surface area (Å²) in [5.74, 6) is 0.421. The number of hydrogen-bond donors (Lipinski definition) is 1. The molecule has 3 rings (SSSR count). The zero-order chi connectivity index (χ0) is 17.1. The van der Waals surface area contributed by atoms with Crippen LogP contribution in [0.1, 0.15) is 31.2 Å². The van der Waals surface area contributed by atoms with Crippen LogP contribution in [0.15, 0.2) is 54.1 Å². The summed E-state index contributed by atoms with van der Waals surface area (Å²) >= 11 is 0. The third-order valence-corrected chi connectivity index (χ3v) is 4.89. The number of rotatable bonds is 5. The van der Waals surface area contributed by atoms with Gasteiger partial charge in [0.05, 0.1) is 0 Å². The normalized spacial score (nSPS) is 26.7. The van der Waals surface area contributed by atoms with Crippen molar-refractivity contribution in [2.24, 2.45) is 0 Å². The minimum absolute atomic E-state index is 0.179. The van der Waals surface area contributed by atoms with Crippen LogP contribution in [0.2, 0.25) is 0 Å². The van der Waals surface area contributed by atoms with E-state index in [4.69, 9.17) is 4.74 Å². The number of alkyl carbamates (subject to hydrolysis) is 1. The third-order valence-electron chi connectivity index (χ3n) is 4.89. The molecule has 128 valence electrons. The SMILES string of the molecule is C[C@@H](C1=CC(OC(=O)N[C@H]2C[C@@H]2c2ccccc2)CC=C1)N(C)C. The van der Waals surface area contributed by atoms with Gasteiger partial charge in [-0.1, -0.05) is 42.5 Å². The van der Waals surface area contributed by atoms with Gasteiger partial charge >= 0.3 is 6.09 Å². The smallest absolute Gasteiger partial charge is 0.407 e. The summed E-state index contributed by atoms with van der Waals surface area (Å²) in [6, 6.07) is 10.8. The summed E-state index contributed by atoms with van der Waals surface area (Å²) in [5, 5.41) is 2.99. The van der Waals surface area contributed by atoms with Crippen molar-refractivity contribution in [3.63, 3.8) is 0 Å². The van der Waals surface area contributed by atoms with Gasteiger partial charge in [-0.2, -0.15) is 0 Å². The topological polar surface area (TPSA) is 41.6 Å². The average molecular weight is 326 g/mol. The van der Waals surface area contributed by atoms with Gasteiger partial charge in [0.15, 0.2) is 0 Å². The molecule has 0 heterocycles. The molecule has 1 saturated carbocycles. The average Bonchev–Trinajstić information content (AvgIpc) is 3.34. The summed E-state index contributed by atoms with van der Waals surface area (Å²) < 4.78 is 5.59. The number of benzene rings is 1. The lowest BCUT2D eigenvalue weighted by Crippen LogP contribution is -2.32. The lowest BCUT2D eigenvalue weighted by Gasteiger charge is -2.25. The zero-order valence-electron chi connectivity index (χ0n) is 14.6. The van der Waals surface area contributed by atoms with Crippen molar-refractivity contribution in [2.75, 3.05) is 14.1 Å². The van der Waals surface area contributed by atoms with Crippen LogP contribution in [0.3, 0.4) is 0 Å². The first-order valence-electron chi connectivity index (χ1n) is 8.61. The molecule has 1 N–H and O–H groups in total. The molecule has 0 spiro atoms. The molecule has 1 amide bonds. The molecule has 0 aliphatic heterocycles. The molecule has 4 heteroatoms. The summed E-state index contributed by atoms with van der Waals surface area (Å²) in [4.78, 5) is 14.3. The fourth-order valence-electron chi connectivity index (χ4n) is 3.08. The Morgan fingerprint density at radius 3 is 2.75 bits per heavy atom. The predicted octanol–water partition coefficient (Wildman–Crippen LogP) is 3.47. The van der Waals surface area contributed by atoms with Crippen LogP contribution in [0.4, 0.5) is 4.79 Å². The summed E-state index contributed by atoms with van der Waals surface area (Å²) in [7, 11) is 4.10. The van der Waals surface area contributed by atoms with Crippen LogP contribution >= 0.6 is 0 Å². The molecule has 1 unspecified atom stereocenters. The van der Waals surface area contributed by atoms with Crippen LogP contribution in [-0.2, 0) is 4.74 Å². The van der Waals surface area contributed by atoms with Crippen LogP contribution in [0.25, 0.3) is 0 Å². The third kappa shape index (κ3) is 4.06. The molecule has 0 saturated heterocycles. The highest BCUT2D eigenvalue weighted by molar-refractivity contribution is 5.69. The number of likely N-dealkylation sites (N-methyl/N-ethyl adjacent to an activating group) is 1. The highest BCUT2D eigenvalue weighted by Gasteiger charge is 2.40. The lowest BCUT2D eigenvalue weighted by atomic mass is 9.99. The predicted molar refractivity (Wildman–Crippen MR) is 96.0 cm³/mol. The summed E-state index contributed by atoms with van der Waals surface area (Å²) in [5.41, 5.74) is 2.48. The van der Waals surface area contributed by atoms with Crippen molar-refractivity contribution in [3.05, 3.63) is 59.7 Å². The Morgan fingerprint density at radius 1 is 1.29 bits per heavy atom. The molecular formula is C20H26N2O2. The quantitative estimate of drug-likeness (QED) is 0.901. The van der Waals surface area contributed by atoms with E-state index in [1.54, 1.807) is 0 Å². The Bertz CT molecular complexity index is 636. The molecule has 0 aromatic heterocycles. The van der Waals surface area contributed by atoms with Gasteiger partial charge < -0.3 is 15.0 Å². The van der Waals surface area contributed by atoms with E-state index in [-0.39, 0.29) is 18.2 Å². The van der Waals surface area contributed by atoms with Crippen LogP contribution in [0, 0.1) is 0 Å². The van der Waals surface area contributed by atoms with Crippen molar-refractivity contribution in [1.29, 1.82) is 0 Å². The van der Waals surface area contributed by atoms with E-state index in [1.807, 2.05) is 32.3 Å². The highest BCUT2D eigenvalue weighted by atomic mass is 16.6. The summed E-state index contributed by atoms with van der Waals surface area (Å²) in [6.07, 6.45) is 7.50. The van der Waals surface area contributed by atoms with Gasteiger partial charge in [-0.3, -0.25) is 0 Å². The number of nitrogens with one attached hydrogen (secondary N) is 1. The molecule has 4 atom stereocenters. The first-order valence-corrected chi connectivity index (χ1v) is 8.61. The molecule has 2 aliphatic rings. The van der Waals surface area contributed by atoms with E-state index in [0.29, 0.717) is 12.0 Å². The second-order valence-corrected chi connectivity index (χ2v) is 6.89. The van der Waals surface area contributed by atoms with Crippen LogP contribution in [-0.4, -0.2) is 43.3 Å². The first kappa shape index (κ1) is 16.8. The monoisotopic (exact) mass is 326 g/mol. The second kappa shape index (κ2) is 7.22. The number of carbonyl (C=O) groups is 1. The van der Waals surface area contributed by atoms with Crippen molar-refractivity contribution < 1.29 is 9.53 Å². The maximum atomic E-state index is 12.2. The fourth-order valence-corrected chi connectivity index (χ4v) is 3.08. The minimum atomic E-state index is -0.313. The summed E-state index contributed by atoms with van der Waals surface area (Å²) in [6.45, 7) is 2.15. The van der Waals surface area contributed by atoms with Gasteiger partial charge in [-0.25, -0.2) is 4.79 Å². The maximum Gasteiger partial charge on any atom is 0.407 e. The lowest BCUT2D eigenvalue weighted by molar-refractivity contribution is 0.118. The van der Waals surface area contributed by atoms with E-state index in [1.165, 1.54) is 11.1 Å². The molecule has 1 aromatic rings. The van der Waals surface area contributed by atoms with Gasteiger partial charge in [-0.05, 0) is 44.7 Å². The van der Waals surface area contributed by atoms with E-state index in [2.05, 4.69) is 47.5 Å². The highest BCUT2D eigenvalue weighted by Crippen LogP contribution is 2.40. The van der Waals surface area contributed by atoms with Gasteiger partial charge in [0.25, 0.3) is 0 Å². The minimum Gasteiger partial charge on any atom is -0.442 e. The number of hydrogen-bond acceptors (Lipinski definition) is 3. The maximum absolute atomic E-state index is 12.2. The molecule has 0 radical (unpaired) electrons. The second-order valence-electron chi connectivity index (χ2n) is 6.89. The Balaban J connectivity index is 1.50. The van der Waals surface area contributed by atoms with Gasteiger partial charge in [0, 0.05) is 24.4 Å². The van der Waals surface area contributed by atoms with Crippen molar-refractivity contribution in [2.45, 2.75) is 43.9 Å². The molecule has 4 nitrogen and oxygen atoms in total.